The molecule has 0 saturated heterocycles. The van der Waals surface area contributed by atoms with Crippen molar-refractivity contribution in [2.45, 2.75) is 20.3 Å². The molecule has 1 aromatic carbocycles. The highest BCUT2D eigenvalue weighted by molar-refractivity contribution is 7.89. The lowest BCUT2D eigenvalue weighted by atomic mass is 10.0. The molecule has 0 spiro atoms. The number of H-pyrrole nitrogens is 1. The zero-order valence-corrected chi connectivity index (χ0v) is 16.2. The monoisotopic (exact) mass is 382 g/mol. The van der Waals surface area contributed by atoms with Gasteiger partial charge in [0.1, 0.15) is 0 Å². The molecule has 0 aliphatic carbocycles. The molecular formula is C18H26N2O5S. The van der Waals surface area contributed by atoms with Gasteiger partial charge in [0.05, 0.1) is 25.6 Å². The number of methoxy groups -OCH3 is 1. The van der Waals surface area contributed by atoms with E-state index in [2.05, 4.69) is 15.8 Å². The van der Waals surface area contributed by atoms with Crippen molar-refractivity contribution >= 4 is 20.9 Å². The molecule has 26 heavy (non-hydrogen) atoms. The highest BCUT2D eigenvalue weighted by atomic mass is 32.2. The Morgan fingerprint density at radius 2 is 1.88 bits per heavy atom. The SMILES string of the molecule is COCCOCCS(=O)(=O)NCCc1cc2c(C)cc(C)cc2[nH]c1=O. The molecule has 0 aliphatic rings. The van der Waals surface area contributed by atoms with Crippen LogP contribution < -0.4 is 10.3 Å². The lowest BCUT2D eigenvalue weighted by Gasteiger charge is -2.09. The van der Waals surface area contributed by atoms with E-state index in [4.69, 9.17) is 9.47 Å². The number of benzene rings is 1. The molecule has 2 aromatic rings. The van der Waals surface area contributed by atoms with Gasteiger partial charge in [0, 0.05) is 30.1 Å². The van der Waals surface area contributed by atoms with Crippen LogP contribution in [0, 0.1) is 13.8 Å². The number of nitrogens with one attached hydrogen (secondary N) is 2. The van der Waals surface area contributed by atoms with Crippen molar-refractivity contribution in [2.75, 3.05) is 39.2 Å². The molecule has 0 fully saturated rings. The third-order valence-electron chi connectivity index (χ3n) is 4.03. The van der Waals surface area contributed by atoms with Crippen molar-refractivity contribution in [2.24, 2.45) is 0 Å². The molecule has 2 N–H and O–H groups in total. The Kier molecular flexibility index (Phi) is 7.33. The molecule has 7 nitrogen and oxygen atoms in total. The summed E-state index contributed by atoms with van der Waals surface area (Å²) in [5.74, 6) is -0.122. The summed E-state index contributed by atoms with van der Waals surface area (Å²) in [4.78, 5) is 15.1. The van der Waals surface area contributed by atoms with Gasteiger partial charge in [-0.1, -0.05) is 6.07 Å². The van der Waals surface area contributed by atoms with E-state index in [0.717, 1.165) is 22.0 Å². The van der Waals surface area contributed by atoms with Crippen LogP contribution in [0.5, 0.6) is 0 Å². The van der Waals surface area contributed by atoms with Crippen molar-refractivity contribution in [1.29, 1.82) is 0 Å². The number of fused-ring (bicyclic) bond motifs is 1. The van der Waals surface area contributed by atoms with Crippen molar-refractivity contribution in [3.8, 4) is 0 Å². The molecule has 0 saturated carbocycles. The summed E-state index contributed by atoms with van der Waals surface area (Å²) in [5, 5.41) is 0.972. The summed E-state index contributed by atoms with van der Waals surface area (Å²) in [6, 6.07) is 5.82. The Morgan fingerprint density at radius 3 is 2.62 bits per heavy atom. The topological polar surface area (TPSA) is 97.5 Å². The van der Waals surface area contributed by atoms with E-state index >= 15 is 0 Å². The maximum atomic E-state index is 12.2. The quantitative estimate of drug-likeness (QED) is 0.603. The summed E-state index contributed by atoms with van der Waals surface area (Å²) >= 11 is 0. The van der Waals surface area contributed by atoms with Crippen molar-refractivity contribution in [1.82, 2.24) is 9.71 Å². The fourth-order valence-electron chi connectivity index (χ4n) is 2.73. The second-order valence-electron chi connectivity index (χ2n) is 6.24. The van der Waals surface area contributed by atoms with Gasteiger partial charge >= 0.3 is 0 Å². The molecule has 1 aromatic heterocycles. The van der Waals surface area contributed by atoms with Gasteiger partial charge in [-0.05, 0) is 43.5 Å². The predicted octanol–water partition coefficient (Wildman–Crippen LogP) is 1.27. The summed E-state index contributed by atoms with van der Waals surface area (Å²) in [6.07, 6.45) is 0.322. The van der Waals surface area contributed by atoms with Gasteiger partial charge in [-0.2, -0.15) is 0 Å². The smallest absolute Gasteiger partial charge is 0.251 e. The second kappa shape index (κ2) is 9.27. The largest absolute Gasteiger partial charge is 0.382 e. The molecule has 0 unspecified atom stereocenters. The number of aromatic nitrogens is 1. The molecule has 0 radical (unpaired) electrons. The van der Waals surface area contributed by atoms with Crippen LogP contribution in [0.1, 0.15) is 16.7 Å². The van der Waals surface area contributed by atoms with Crippen LogP contribution in [-0.4, -0.2) is 52.6 Å². The van der Waals surface area contributed by atoms with E-state index in [0.29, 0.717) is 25.2 Å². The summed E-state index contributed by atoms with van der Waals surface area (Å²) in [5.41, 5.74) is 3.32. The fourth-order valence-corrected chi connectivity index (χ4v) is 3.62. The predicted molar refractivity (Wildman–Crippen MR) is 102 cm³/mol. The van der Waals surface area contributed by atoms with E-state index in [1.54, 1.807) is 7.11 Å². The van der Waals surface area contributed by atoms with Crippen LogP contribution in [0.3, 0.4) is 0 Å². The van der Waals surface area contributed by atoms with Crippen molar-refractivity contribution in [3.63, 3.8) is 0 Å². The minimum atomic E-state index is -3.44. The Labute approximate surface area is 153 Å². The lowest BCUT2D eigenvalue weighted by molar-refractivity contribution is 0.0784. The zero-order chi connectivity index (χ0) is 19.2. The number of sulfonamides is 1. The van der Waals surface area contributed by atoms with Crippen LogP contribution >= 0.6 is 0 Å². The summed E-state index contributed by atoms with van der Waals surface area (Å²) in [6.45, 7) is 5.03. The first-order valence-corrected chi connectivity index (χ1v) is 10.1. The van der Waals surface area contributed by atoms with Crippen LogP contribution in [0.25, 0.3) is 10.9 Å². The number of hydrogen-bond acceptors (Lipinski definition) is 5. The Morgan fingerprint density at radius 1 is 1.12 bits per heavy atom. The molecule has 2 rings (SSSR count). The van der Waals surface area contributed by atoms with E-state index in [9.17, 15) is 13.2 Å². The van der Waals surface area contributed by atoms with Gasteiger partial charge in [0.2, 0.25) is 10.0 Å². The maximum Gasteiger partial charge on any atom is 0.251 e. The first-order chi connectivity index (χ1) is 12.3. The number of pyridine rings is 1. The number of ether oxygens (including phenoxy) is 2. The van der Waals surface area contributed by atoms with Gasteiger partial charge in [0.25, 0.3) is 5.56 Å². The molecule has 8 heteroatoms. The van der Waals surface area contributed by atoms with E-state index in [-0.39, 0.29) is 24.5 Å². The molecule has 0 atom stereocenters. The zero-order valence-electron chi connectivity index (χ0n) is 15.4. The van der Waals surface area contributed by atoms with E-state index < -0.39 is 10.0 Å². The molecule has 1 heterocycles. The minimum Gasteiger partial charge on any atom is -0.382 e. The third-order valence-corrected chi connectivity index (χ3v) is 5.38. The number of rotatable bonds is 10. The van der Waals surface area contributed by atoms with Gasteiger partial charge in [-0.15, -0.1) is 0 Å². The highest BCUT2D eigenvalue weighted by Gasteiger charge is 2.11. The van der Waals surface area contributed by atoms with Crippen molar-refractivity contribution < 1.29 is 17.9 Å². The average molecular weight is 382 g/mol. The van der Waals surface area contributed by atoms with Gasteiger partial charge in [-0.25, -0.2) is 13.1 Å². The number of hydrogen-bond donors (Lipinski definition) is 2. The van der Waals surface area contributed by atoms with Gasteiger partial charge < -0.3 is 14.5 Å². The highest BCUT2D eigenvalue weighted by Crippen LogP contribution is 2.18. The Hall–Kier alpha value is -1.74. The van der Waals surface area contributed by atoms with Gasteiger partial charge in [-0.3, -0.25) is 4.79 Å². The first-order valence-electron chi connectivity index (χ1n) is 8.49. The number of aromatic amines is 1. The maximum absolute atomic E-state index is 12.2. The minimum absolute atomic E-state index is 0.105. The second-order valence-corrected chi connectivity index (χ2v) is 8.16. The van der Waals surface area contributed by atoms with Gasteiger partial charge in [0.15, 0.2) is 0 Å². The standard InChI is InChI=1S/C18H26N2O5S/c1-13-10-14(2)16-12-15(18(21)20-17(16)11-13)4-5-19-26(22,23)9-8-25-7-6-24-3/h10-12,19H,4-9H2,1-3H3,(H,20,21). The van der Waals surface area contributed by atoms with E-state index in [1.165, 1.54) is 0 Å². The Bertz CT molecular complexity index is 906. The first kappa shape index (κ1) is 20.6. The summed E-state index contributed by atoms with van der Waals surface area (Å²) in [7, 11) is -1.88. The summed E-state index contributed by atoms with van der Waals surface area (Å²) < 4.78 is 36.4. The molecular weight excluding hydrogens is 356 g/mol. The van der Waals surface area contributed by atoms with Crippen molar-refractivity contribution in [3.05, 3.63) is 45.2 Å². The third kappa shape index (κ3) is 5.91. The fraction of sp³-hybridized carbons (Fsp3) is 0.500. The molecule has 0 amide bonds. The number of aryl methyl sites for hydroxylation is 2. The molecule has 0 aliphatic heterocycles. The lowest BCUT2D eigenvalue weighted by Crippen LogP contribution is -2.31. The van der Waals surface area contributed by atoms with E-state index in [1.807, 2.05) is 26.0 Å². The molecule has 144 valence electrons. The van der Waals surface area contributed by atoms with Crippen LogP contribution in [0.15, 0.2) is 23.0 Å². The van der Waals surface area contributed by atoms with Crippen LogP contribution in [0.4, 0.5) is 0 Å². The van der Waals surface area contributed by atoms with Crippen LogP contribution in [-0.2, 0) is 25.9 Å². The normalized spacial score (nSPS) is 12.0. The molecule has 0 bridgehead atoms. The average Bonchev–Trinajstić information content (AvgIpc) is 2.55. The Balaban J connectivity index is 1.95. The van der Waals surface area contributed by atoms with Crippen LogP contribution in [0.2, 0.25) is 0 Å².